The first kappa shape index (κ1) is 103. The number of hydrogen-bond donors (Lipinski definition) is 28. The van der Waals surface area contributed by atoms with Crippen LogP contribution in [0.2, 0.25) is 0 Å². The molecule has 0 radical (unpaired) electrons. The third-order valence-electron chi connectivity index (χ3n) is 18.7. The molecule has 1 aliphatic rings. The second-order valence-corrected chi connectivity index (χ2v) is 32.9. The van der Waals surface area contributed by atoms with Crippen molar-refractivity contribution in [1.29, 1.82) is 16.2 Å². The van der Waals surface area contributed by atoms with Gasteiger partial charge in [0.05, 0.1) is 25.4 Å². The number of aliphatic hydroxyl groups excluding tert-OH is 1. The molecule has 33 N–H and O–H groups in total. The second-order valence-electron chi connectivity index (χ2n) is 28.4. The fraction of sp³-hybridized carbons (Fsp3) is 0.554. The topological polar surface area (TPSA) is 740 Å². The summed E-state index contributed by atoms with van der Waals surface area (Å²) >= 11 is 2.63. The molecule has 0 unspecified atom stereocenters. The molecule has 0 aliphatic carbocycles. The van der Waals surface area contributed by atoms with E-state index >= 15 is 4.79 Å². The summed E-state index contributed by atoms with van der Waals surface area (Å²) in [6, 6.07) is -6.99. The number of carbonyl (C=O) groups excluding carboxylic acids is 14. The number of benzene rings is 2. The van der Waals surface area contributed by atoms with Crippen LogP contribution in [0.4, 0.5) is 0 Å². The number of imidazole rings is 1. The lowest BCUT2D eigenvalue weighted by molar-refractivity contribution is -0.141. The van der Waals surface area contributed by atoms with Crippen LogP contribution >= 0.6 is 45.1 Å². The zero-order chi connectivity index (χ0) is 90.4. The number of phenolic OH excluding ortho intramolecular Hbond substituents is 1. The van der Waals surface area contributed by atoms with Crippen molar-refractivity contribution in [3.8, 4) is 5.75 Å². The van der Waals surface area contributed by atoms with E-state index in [0.29, 0.717) is 22.6 Å². The van der Waals surface area contributed by atoms with E-state index in [4.69, 9.17) is 44.9 Å². The molecule has 1 aromatic heterocycles. The van der Waals surface area contributed by atoms with E-state index in [1.165, 1.54) is 67.2 Å². The zero-order valence-corrected chi connectivity index (χ0v) is 71.4. The number of primary amides is 1. The molecule has 44 nitrogen and oxygen atoms in total. The molecular formula is C74H116N26O18S4. The Labute approximate surface area is 721 Å². The number of thioether (sulfide) groups is 2. The monoisotopic (exact) mass is 1780 g/mol. The normalized spacial score (nSPS) is 21.8. The Kier molecular flexibility index (Phi) is 46.9. The number of aromatic hydroxyl groups is 1. The van der Waals surface area contributed by atoms with Crippen LogP contribution in [0.1, 0.15) is 101 Å². The molecule has 122 heavy (non-hydrogen) atoms. The molecule has 1 saturated heterocycles. The first-order chi connectivity index (χ1) is 58.1. The predicted molar refractivity (Wildman–Crippen MR) is 459 cm³/mol. The van der Waals surface area contributed by atoms with Crippen LogP contribution in [0.3, 0.4) is 0 Å². The van der Waals surface area contributed by atoms with Gasteiger partial charge in [-0.05, 0) is 105 Å². The Hall–Kier alpha value is -11.4. The Balaban J connectivity index is 1.95. The van der Waals surface area contributed by atoms with E-state index in [1.54, 1.807) is 49.8 Å². The number of carboxylic acid groups (broad SMARTS) is 1. The third kappa shape index (κ3) is 39.0. The molecule has 3 aromatic rings. The third-order valence-corrected chi connectivity index (χ3v) is 22.4. The number of carbonyl (C=O) groups is 15. The Morgan fingerprint density at radius 1 is 0.590 bits per heavy atom. The van der Waals surface area contributed by atoms with E-state index in [1.807, 2.05) is 0 Å². The lowest BCUT2D eigenvalue weighted by Gasteiger charge is -2.29. The van der Waals surface area contributed by atoms with E-state index in [2.05, 4.69) is 95.0 Å². The SMILES string of the molecule is CC[C@H](C)[C@H]1NC(=O)[C@H](CCCNC(=N)N)NC(=O)[C@@H](CC(=O)O)NC(=O)[C@H](CCSC)NC(=O)[C@@H](CCCNC(=N)N)NC(=O)CCCNC(=O)[C@@H](Cc2ccccc2)NC(=O)[C@H](Cc2cnc[nH]2)NC(=O)[C@@H](NC(=O)[C@@H](N)CCSC)CSSC[C@@H](C(=O)N[C@@H](Cc2ccc(O)cc2)C(=O)N[C@@H](CCNC(=N)N)C(N)=O)NC(=O)[C@H](CO)NC1=O. The van der Waals surface area contributed by atoms with Crippen molar-refractivity contribution < 1.29 is 87.2 Å². The maximum absolute atomic E-state index is 15.1. The fourth-order valence-electron chi connectivity index (χ4n) is 11.8. The van der Waals surface area contributed by atoms with Crippen molar-refractivity contribution in [3.63, 3.8) is 0 Å². The van der Waals surface area contributed by atoms with Gasteiger partial charge in [0.2, 0.25) is 82.7 Å². The van der Waals surface area contributed by atoms with Gasteiger partial charge in [-0.25, -0.2) is 4.98 Å². The van der Waals surface area contributed by atoms with Gasteiger partial charge in [0.1, 0.15) is 78.3 Å². The van der Waals surface area contributed by atoms with Crippen LogP contribution in [-0.2, 0) is 91.2 Å². The molecule has 1 aliphatic heterocycles. The summed E-state index contributed by atoms with van der Waals surface area (Å²) in [4.78, 5) is 222. The van der Waals surface area contributed by atoms with E-state index in [9.17, 15) is 82.4 Å². The van der Waals surface area contributed by atoms with Gasteiger partial charge in [-0.2, -0.15) is 23.5 Å². The maximum Gasteiger partial charge on any atom is 0.305 e. The molecule has 14 amide bonds. The van der Waals surface area contributed by atoms with E-state index in [-0.39, 0.29) is 121 Å². The lowest BCUT2D eigenvalue weighted by Crippen LogP contribution is -2.62. The molecule has 1 fully saturated rings. The minimum atomic E-state index is -2.00. The number of guanidine groups is 3. The van der Waals surface area contributed by atoms with Crippen LogP contribution < -0.4 is 114 Å². The van der Waals surface area contributed by atoms with Crippen molar-refractivity contribution in [2.45, 2.75) is 182 Å². The van der Waals surface area contributed by atoms with Crippen LogP contribution in [0.5, 0.6) is 5.75 Å². The van der Waals surface area contributed by atoms with Gasteiger partial charge < -0.3 is 134 Å². The van der Waals surface area contributed by atoms with Gasteiger partial charge in [0, 0.05) is 75.3 Å². The highest BCUT2D eigenvalue weighted by Gasteiger charge is 2.39. The van der Waals surface area contributed by atoms with Gasteiger partial charge >= 0.3 is 5.97 Å². The highest BCUT2D eigenvalue weighted by molar-refractivity contribution is 8.76. The van der Waals surface area contributed by atoms with Crippen molar-refractivity contribution >= 4 is 152 Å². The predicted octanol–water partition coefficient (Wildman–Crippen LogP) is -6.52. The molecule has 4 rings (SSSR count). The molecule has 48 heteroatoms. The Morgan fingerprint density at radius 3 is 1.71 bits per heavy atom. The second kappa shape index (κ2) is 55.5. The molecule has 674 valence electrons. The summed E-state index contributed by atoms with van der Waals surface area (Å²) in [5.41, 5.74) is 29.8. The van der Waals surface area contributed by atoms with Crippen LogP contribution in [-0.4, -0.2) is 279 Å². The summed E-state index contributed by atoms with van der Waals surface area (Å²) in [5, 5.41) is 95.3. The van der Waals surface area contributed by atoms with Crippen molar-refractivity contribution in [1.82, 2.24) is 95.0 Å². The molecule has 14 atom stereocenters. The van der Waals surface area contributed by atoms with Crippen LogP contribution in [0.25, 0.3) is 0 Å². The van der Waals surface area contributed by atoms with Crippen LogP contribution in [0.15, 0.2) is 67.1 Å². The molecule has 0 spiro atoms. The van der Waals surface area contributed by atoms with Gasteiger partial charge in [-0.1, -0.05) is 84.3 Å². The number of H-pyrrole nitrogens is 1. The first-order valence-corrected chi connectivity index (χ1v) is 44.4. The summed E-state index contributed by atoms with van der Waals surface area (Å²) in [6.45, 7) is 1.57. The number of phenols is 1. The number of aliphatic hydroxyl groups is 1. The standard InChI is InChI=1S/C74H116N26O18S4/c1-5-39(2)58-71(118)97-53(35-101)68(115)99-55(70(117)94-50(31-41-17-19-43(102)20-18-41)65(112)90-45(59(76)106)21-27-87-74(81)82)37-122-121-36-54(98-60(107)44(75)22-28-119-3)69(116)95-51(32-42-34-83-38-88-42)66(113)93-49(30-40-12-7-6-8-13-40)61(108)84-24-11-16-56(103)89-46(14-9-25-85-72(77)78)62(109)92-48(23-29-120-4)63(110)96-52(33-57(104)105)67(114)91-47(64(111)100-58)15-10-26-86-73(79)80/h6-8,12-13,17-20,34,38-39,44-55,58,101-102H,5,9-11,14-16,21-33,35-37,75H2,1-4H3,(H2,76,106)(H,83,88)(H,84,108)(H,89,103)(H,90,112)(H,91,114)(H,92,109)(H,93,113)(H,94,117)(H,95,116)(H,96,110)(H,97,118)(H,98,107)(H,99,115)(H,100,111)(H,104,105)(H4,77,78,85)(H4,79,80,86)(H4,81,82,87)/t39-,44-,45-,46+,47-,48-,49+,50-,51-,52+,53-,54-,55-,58+/m0/s1. The average Bonchev–Trinajstić information content (AvgIpc) is 1.05. The van der Waals surface area contributed by atoms with Gasteiger partial charge in [0.15, 0.2) is 17.9 Å². The Morgan fingerprint density at radius 2 is 1.13 bits per heavy atom. The number of rotatable bonds is 35. The highest BCUT2D eigenvalue weighted by atomic mass is 33.1. The first-order valence-electron chi connectivity index (χ1n) is 39.1. The summed E-state index contributed by atoms with van der Waals surface area (Å²) in [7, 11) is 1.63. The number of hydrogen-bond acceptors (Lipinski definition) is 26. The van der Waals surface area contributed by atoms with E-state index < -0.39 is 216 Å². The number of nitrogens with one attached hydrogen (secondary N) is 20. The number of aliphatic carboxylic acids is 1. The summed E-state index contributed by atoms with van der Waals surface area (Å²) in [6.07, 6.45) is 3.39. The number of amides is 14. The minimum absolute atomic E-state index is 0.0459. The van der Waals surface area contributed by atoms with Crippen molar-refractivity contribution in [2.24, 2.45) is 34.6 Å². The smallest absolute Gasteiger partial charge is 0.305 e. The maximum atomic E-state index is 15.1. The zero-order valence-electron chi connectivity index (χ0n) is 68.1. The molecular weight excluding hydrogens is 1670 g/mol. The summed E-state index contributed by atoms with van der Waals surface area (Å²) in [5.74, 6) is -18.4. The van der Waals surface area contributed by atoms with E-state index in [0.717, 1.165) is 21.6 Å². The Bertz CT molecular complexity index is 4000. The number of carboxylic acids is 1. The largest absolute Gasteiger partial charge is 0.508 e. The number of aromatic nitrogens is 2. The molecule has 0 bridgehead atoms. The average molecular weight is 1790 g/mol. The van der Waals surface area contributed by atoms with Crippen molar-refractivity contribution in [3.05, 3.63) is 83.9 Å². The van der Waals surface area contributed by atoms with Gasteiger partial charge in [-0.15, -0.1) is 0 Å². The minimum Gasteiger partial charge on any atom is -0.508 e. The lowest BCUT2D eigenvalue weighted by atomic mass is 9.97. The highest BCUT2D eigenvalue weighted by Crippen LogP contribution is 2.25. The summed E-state index contributed by atoms with van der Waals surface area (Å²) < 4.78 is 0. The van der Waals surface area contributed by atoms with Gasteiger partial charge in [-0.3, -0.25) is 88.1 Å². The number of nitrogens with zero attached hydrogens (tertiary/aromatic N) is 1. The molecule has 0 saturated carbocycles. The number of aromatic amines is 1. The van der Waals surface area contributed by atoms with Gasteiger partial charge in [0.25, 0.3) is 0 Å². The molecule has 2 aromatic carbocycles. The quantitative estimate of drug-likeness (QED) is 0.0113. The van der Waals surface area contributed by atoms with Crippen LogP contribution in [0, 0.1) is 22.1 Å². The number of nitrogens with two attached hydrogens (primary N) is 5. The molecule has 2 heterocycles. The van der Waals surface area contributed by atoms with Crippen molar-refractivity contribution in [2.75, 3.05) is 68.3 Å². The fourth-order valence-corrected chi connectivity index (χ4v) is 15.1.